The number of phenolic OH excluding ortho intramolecular Hbond substituents is 1. The first kappa shape index (κ1) is 14.5. The van der Waals surface area contributed by atoms with Crippen LogP contribution in [0.3, 0.4) is 0 Å². The molecule has 2 fully saturated rings. The van der Waals surface area contributed by atoms with Gasteiger partial charge in [0.15, 0.2) is 0 Å². The molecule has 0 amide bonds. The molecule has 120 valence electrons. The van der Waals surface area contributed by atoms with Crippen LogP contribution >= 0.6 is 0 Å². The van der Waals surface area contributed by atoms with E-state index in [4.69, 9.17) is 0 Å². The molecule has 0 aromatic heterocycles. The number of aliphatic hydroxyl groups is 2. The van der Waals surface area contributed by atoms with Gasteiger partial charge in [-0.2, -0.15) is 0 Å². The molecule has 0 radical (unpaired) electrons. The van der Waals surface area contributed by atoms with Gasteiger partial charge in [-0.15, -0.1) is 0 Å². The van der Waals surface area contributed by atoms with Crippen molar-refractivity contribution in [2.45, 2.75) is 63.6 Å². The van der Waals surface area contributed by atoms with Crippen LogP contribution in [0.4, 0.5) is 0 Å². The molecule has 0 aliphatic heterocycles. The van der Waals surface area contributed by atoms with E-state index in [2.05, 4.69) is 13.0 Å². The maximum Gasteiger partial charge on any atom is 0.115 e. The number of hydrogen-bond acceptors (Lipinski definition) is 3. The average Bonchev–Trinajstić information content (AvgIpc) is 2.79. The summed E-state index contributed by atoms with van der Waals surface area (Å²) in [6, 6.07) is 5.83. The highest BCUT2D eigenvalue weighted by Gasteiger charge is 2.59. The summed E-state index contributed by atoms with van der Waals surface area (Å²) in [5.74, 6) is 1.90. The molecule has 1 aromatic carbocycles. The Balaban J connectivity index is 1.72. The zero-order valence-corrected chi connectivity index (χ0v) is 13.2. The minimum absolute atomic E-state index is 0.0744. The number of benzene rings is 1. The third-order valence-corrected chi connectivity index (χ3v) is 7.07. The van der Waals surface area contributed by atoms with E-state index in [9.17, 15) is 15.3 Å². The fourth-order valence-electron chi connectivity index (χ4n) is 6.01. The van der Waals surface area contributed by atoms with Crippen molar-refractivity contribution in [3.05, 3.63) is 29.3 Å². The summed E-state index contributed by atoms with van der Waals surface area (Å²) < 4.78 is 0. The monoisotopic (exact) mass is 302 g/mol. The maximum absolute atomic E-state index is 10.6. The van der Waals surface area contributed by atoms with Crippen molar-refractivity contribution >= 4 is 0 Å². The predicted molar refractivity (Wildman–Crippen MR) is 84.7 cm³/mol. The Morgan fingerprint density at radius 3 is 2.82 bits per heavy atom. The first-order valence-electron chi connectivity index (χ1n) is 8.74. The second-order valence-electron chi connectivity index (χ2n) is 7.67. The molecule has 2 saturated carbocycles. The molecule has 3 nitrogen and oxygen atoms in total. The Kier molecular flexibility index (Phi) is 3.28. The lowest BCUT2D eigenvalue weighted by atomic mass is 9.54. The van der Waals surface area contributed by atoms with Crippen LogP contribution in [0.15, 0.2) is 18.2 Å². The topological polar surface area (TPSA) is 60.7 Å². The van der Waals surface area contributed by atoms with Crippen molar-refractivity contribution in [2.75, 3.05) is 0 Å². The summed E-state index contributed by atoms with van der Waals surface area (Å²) in [4.78, 5) is 0. The van der Waals surface area contributed by atoms with E-state index in [-0.39, 0.29) is 5.41 Å². The van der Waals surface area contributed by atoms with Gasteiger partial charge in [-0.05, 0) is 79.5 Å². The van der Waals surface area contributed by atoms with Crippen LogP contribution in [-0.4, -0.2) is 27.5 Å². The smallest absolute Gasteiger partial charge is 0.115 e. The minimum Gasteiger partial charge on any atom is -0.508 e. The van der Waals surface area contributed by atoms with Gasteiger partial charge < -0.3 is 15.3 Å². The Bertz CT molecular complexity index is 584. The van der Waals surface area contributed by atoms with E-state index < -0.39 is 12.2 Å². The molecule has 3 N–H and O–H groups in total. The van der Waals surface area contributed by atoms with Crippen molar-refractivity contribution in [1.29, 1.82) is 0 Å². The molecule has 0 spiro atoms. The molecule has 0 bridgehead atoms. The Morgan fingerprint density at radius 1 is 1.23 bits per heavy atom. The van der Waals surface area contributed by atoms with E-state index in [0.717, 1.165) is 38.5 Å². The molecular formula is C19H26O3. The van der Waals surface area contributed by atoms with Crippen molar-refractivity contribution < 1.29 is 15.3 Å². The number of aliphatic hydroxyl groups excluding tert-OH is 2. The molecule has 3 aliphatic carbocycles. The van der Waals surface area contributed by atoms with Crippen LogP contribution in [0.5, 0.6) is 5.75 Å². The van der Waals surface area contributed by atoms with E-state index in [0.29, 0.717) is 23.5 Å². The second-order valence-corrected chi connectivity index (χ2v) is 7.67. The number of fused-ring (bicyclic) bond motifs is 5. The van der Waals surface area contributed by atoms with Gasteiger partial charge >= 0.3 is 0 Å². The average molecular weight is 302 g/mol. The number of rotatable bonds is 1. The first-order valence-corrected chi connectivity index (χ1v) is 8.74. The SMILES string of the molecule is CCC12CC[C@@H]3c4ccc(O)cc4CC[C@H]3[C@@H]1C[C@@H](O)[C@@H]2O. The zero-order valence-electron chi connectivity index (χ0n) is 13.2. The third-order valence-electron chi connectivity index (χ3n) is 7.07. The fourth-order valence-corrected chi connectivity index (χ4v) is 6.01. The molecule has 1 aromatic rings. The fraction of sp³-hybridized carbons (Fsp3) is 0.684. The van der Waals surface area contributed by atoms with Gasteiger partial charge in [0.05, 0.1) is 12.2 Å². The molecular weight excluding hydrogens is 276 g/mol. The lowest BCUT2D eigenvalue weighted by Crippen LogP contribution is -2.46. The molecule has 22 heavy (non-hydrogen) atoms. The number of hydrogen-bond donors (Lipinski definition) is 3. The second kappa shape index (κ2) is 4.97. The van der Waals surface area contributed by atoms with Gasteiger partial charge in [0.1, 0.15) is 5.75 Å². The van der Waals surface area contributed by atoms with Gasteiger partial charge in [-0.25, -0.2) is 0 Å². The van der Waals surface area contributed by atoms with Crippen LogP contribution in [0.25, 0.3) is 0 Å². The number of aromatic hydroxyl groups is 1. The number of aryl methyl sites for hydroxylation is 1. The molecule has 1 unspecified atom stereocenters. The quantitative estimate of drug-likeness (QED) is 0.747. The molecule has 6 atom stereocenters. The lowest BCUT2D eigenvalue weighted by Gasteiger charge is -2.51. The van der Waals surface area contributed by atoms with Crippen LogP contribution in [0, 0.1) is 17.3 Å². The standard InChI is InChI=1S/C19H26O3/c1-2-19-8-7-14-13-6-4-12(20)9-11(13)3-5-15(14)16(19)10-17(21)18(19)22/h4,6,9,14-18,20-22H,2-3,5,7-8,10H2,1H3/t14-,15-,16+,17-,18+,19?/m1/s1. The van der Waals surface area contributed by atoms with Crippen molar-refractivity contribution in [1.82, 2.24) is 0 Å². The van der Waals surface area contributed by atoms with Crippen molar-refractivity contribution in [2.24, 2.45) is 17.3 Å². The first-order chi connectivity index (χ1) is 10.6. The van der Waals surface area contributed by atoms with Crippen LogP contribution in [0.2, 0.25) is 0 Å². The summed E-state index contributed by atoms with van der Waals surface area (Å²) in [6.45, 7) is 2.17. The molecule has 0 saturated heterocycles. The summed E-state index contributed by atoms with van der Waals surface area (Å²) in [6.07, 6.45) is 4.84. The molecule has 0 heterocycles. The van der Waals surface area contributed by atoms with E-state index in [1.165, 1.54) is 11.1 Å². The highest BCUT2D eigenvalue weighted by atomic mass is 16.3. The van der Waals surface area contributed by atoms with Gasteiger partial charge in [-0.3, -0.25) is 0 Å². The summed E-state index contributed by atoms with van der Waals surface area (Å²) in [5, 5.41) is 30.6. The highest BCUT2D eigenvalue weighted by molar-refractivity contribution is 5.40. The normalized spacial score (nSPS) is 43.3. The van der Waals surface area contributed by atoms with Crippen LogP contribution in [-0.2, 0) is 6.42 Å². The zero-order chi connectivity index (χ0) is 15.5. The van der Waals surface area contributed by atoms with E-state index >= 15 is 0 Å². The van der Waals surface area contributed by atoms with Gasteiger partial charge in [0.25, 0.3) is 0 Å². The third kappa shape index (κ3) is 1.82. The van der Waals surface area contributed by atoms with Gasteiger partial charge in [0, 0.05) is 5.41 Å². The Hall–Kier alpha value is -1.06. The predicted octanol–water partition coefficient (Wildman–Crippen LogP) is 2.97. The summed E-state index contributed by atoms with van der Waals surface area (Å²) in [5.41, 5.74) is 2.62. The van der Waals surface area contributed by atoms with Crippen molar-refractivity contribution in [3.63, 3.8) is 0 Å². The molecule has 3 heteroatoms. The summed E-state index contributed by atoms with van der Waals surface area (Å²) in [7, 11) is 0. The van der Waals surface area contributed by atoms with E-state index in [1.807, 2.05) is 6.07 Å². The highest BCUT2D eigenvalue weighted by Crippen LogP contribution is 2.62. The number of phenols is 1. The molecule has 4 rings (SSSR count). The summed E-state index contributed by atoms with van der Waals surface area (Å²) >= 11 is 0. The van der Waals surface area contributed by atoms with Crippen LogP contribution in [0.1, 0.15) is 56.1 Å². The Morgan fingerprint density at radius 2 is 2.05 bits per heavy atom. The lowest BCUT2D eigenvalue weighted by molar-refractivity contribution is -0.0641. The van der Waals surface area contributed by atoms with Gasteiger partial charge in [-0.1, -0.05) is 13.0 Å². The van der Waals surface area contributed by atoms with E-state index in [1.54, 1.807) is 6.07 Å². The van der Waals surface area contributed by atoms with Crippen LogP contribution < -0.4 is 0 Å². The van der Waals surface area contributed by atoms with Gasteiger partial charge in [0.2, 0.25) is 0 Å². The van der Waals surface area contributed by atoms with Crippen molar-refractivity contribution in [3.8, 4) is 5.75 Å². The largest absolute Gasteiger partial charge is 0.508 e. The molecule has 3 aliphatic rings. The Labute approximate surface area is 132 Å². The minimum atomic E-state index is -0.551. The maximum atomic E-state index is 10.6.